The molecule has 0 saturated heterocycles. The van der Waals surface area contributed by atoms with Crippen molar-refractivity contribution in [2.75, 3.05) is 27.6 Å². The summed E-state index contributed by atoms with van der Waals surface area (Å²) in [6, 6.07) is 20.5. The van der Waals surface area contributed by atoms with Gasteiger partial charge < -0.3 is 28.8 Å². The van der Waals surface area contributed by atoms with Gasteiger partial charge in [-0.15, -0.1) is 0 Å². The number of aliphatic hydroxyl groups is 1. The molecule has 0 saturated carbocycles. The Hall–Kier alpha value is -3.71. The number of aliphatic hydroxyl groups excluding tert-OH is 1. The summed E-state index contributed by atoms with van der Waals surface area (Å²) < 4.78 is 27.4. The van der Waals surface area contributed by atoms with Crippen molar-refractivity contribution in [1.82, 2.24) is 0 Å². The lowest BCUT2D eigenvalue weighted by Crippen LogP contribution is -2.24. The van der Waals surface area contributed by atoms with Gasteiger partial charge >= 0.3 is 5.97 Å². The fraction of sp³-hybridized carbons (Fsp3) is 0.269. The highest BCUT2D eigenvalue weighted by atomic mass is 16.7. The molecule has 3 aromatic carbocycles. The first-order valence-electron chi connectivity index (χ1n) is 10.6. The van der Waals surface area contributed by atoms with E-state index in [1.54, 1.807) is 37.4 Å². The van der Waals surface area contributed by atoms with E-state index in [0.717, 1.165) is 11.1 Å². The zero-order valence-corrected chi connectivity index (χ0v) is 18.5. The van der Waals surface area contributed by atoms with E-state index in [1.165, 1.54) is 7.11 Å². The van der Waals surface area contributed by atoms with Gasteiger partial charge in [0.05, 0.1) is 26.7 Å². The molecule has 1 heterocycles. The molecule has 0 radical (unpaired) electrons. The zero-order chi connectivity index (χ0) is 23.2. The number of fused-ring (bicyclic) bond motifs is 1. The summed E-state index contributed by atoms with van der Waals surface area (Å²) in [6.45, 7) is 0.256. The van der Waals surface area contributed by atoms with Gasteiger partial charge in [-0.05, 0) is 41.0 Å². The molecule has 172 valence electrons. The maximum atomic E-state index is 12.9. The van der Waals surface area contributed by atoms with Crippen molar-refractivity contribution in [3.63, 3.8) is 0 Å². The summed E-state index contributed by atoms with van der Waals surface area (Å²) in [7, 11) is 2.88. The Kier molecular flexibility index (Phi) is 7.00. The molecule has 0 fully saturated rings. The van der Waals surface area contributed by atoms with Gasteiger partial charge in [0.1, 0.15) is 6.61 Å². The Labute approximate surface area is 192 Å². The number of methoxy groups -OCH3 is 2. The number of benzene rings is 3. The molecule has 7 nitrogen and oxygen atoms in total. The summed E-state index contributed by atoms with van der Waals surface area (Å²) in [4.78, 5) is 12.9. The summed E-state index contributed by atoms with van der Waals surface area (Å²) >= 11 is 0. The smallest absolute Gasteiger partial charge is 0.313 e. The first kappa shape index (κ1) is 22.5. The first-order chi connectivity index (χ1) is 16.1. The van der Waals surface area contributed by atoms with Crippen LogP contribution in [0.25, 0.3) is 0 Å². The van der Waals surface area contributed by atoms with Gasteiger partial charge in [0.15, 0.2) is 23.0 Å². The fourth-order valence-corrected chi connectivity index (χ4v) is 3.94. The molecule has 0 aromatic heterocycles. The summed E-state index contributed by atoms with van der Waals surface area (Å²) in [5.41, 5.74) is 2.40. The number of rotatable bonds is 9. The molecule has 0 bridgehead atoms. The number of carbonyl (C=O) groups is 1. The second-order valence-corrected chi connectivity index (χ2v) is 7.59. The van der Waals surface area contributed by atoms with Crippen LogP contribution in [0.1, 0.15) is 28.5 Å². The largest absolute Gasteiger partial charge is 0.493 e. The van der Waals surface area contributed by atoms with E-state index in [2.05, 4.69) is 0 Å². The van der Waals surface area contributed by atoms with Gasteiger partial charge in [0.25, 0.3) is 0 Å². The van der Waals surface area contributed by atoms with Crippen molar-refractivity contribution >= 4 is 5.97 Å². The lowest BCUT2D eigenvalue weighted by Gasteiger charge is -2.25. The quantitative estimate of drug-likeness (QED) is 0.493. The van der Waals surface area contributed by atoms with Crippen LogP contribution < -0.4 is 18.9 Å². The summed E-state index contributed by atoms with van der Waals surface area (Å²) in [5.74, 6) is 0.456. The molecular formula is C26H26O7. The number of esters is 1. The third-order valence-corrected chi connectivity index (χ3v) is 5.66. The van der Waals surface area contributed by atoms with Gasteiger partial charge in [0.2, 0.25) is 6.79 Å². The molecule has 4 rings (SSSR count). The van der Waals surface area contributed by atoms with E-state index in [1.807, 2.05) is 36.4 Å². The number of ether oxygens (including phenoxy) is 5. The minimum Gasteiger partial charge on any atom is -0.493 e. The van der Waals surface area contributed by atoms with Gasteiger partial charge in [-0.2, -0.15) is 0 Å². The van der Waals surface area contributed by atoms with Crippen molar-refractivity contribution in [3.05, 3.63) is 83.4 Å². The Balaban J connectivity index is 1.64. The molecule has 1 aliphatic rings. The van der Waals surface area contributed by atoms with Crippen LogP contribution in [0.4, 0.5) is 0 Å². The third-order valence-electron chi connectivity index (χ3n) is 5.66. The van der Waals surface area contributed by atoms with Crippen LogP contribution in [0.15, 0.2) is 66.7 Å². The molecule has 0 aliphatic carbocycles. The van der Waals surface area contributed by atoms with Crippen LogP contribution in [0, 0.1) is 0 Å². The Morgan fingerprint density at radius 2 is 1.70 bits per heavy atom. The van der Waals surface area contributed by atoms with Crippen molar-refractivity contribution in [2.45, 2.75) is 18.4 Å². The van der Waals surface area contributed by atoms with E-state index in [-0.39, 0.29) is 13.4 Å². The predicted molar refractivity (Wildman–Crippen MR) is 121 cm³/mol. The maximum Gasteiger partial charge on any atom is 0.313 e. The molecular weight excluding hydrogens is 424 g/mol. The van der Waals surface area contributed by atoms with Crippen molar-refractivity contribution in [2.24, 2.45) is 0 Å². The minimum absolute atomic E-state index is 0.144. The topological polar surface area (TPSA) is 83.5 Å². The predicted octanol–water partition coefficient (Wildman–Crippen LogP) is 4.04. The molecule has 1 aliphatic heterocycles. The van der Waals surface area contributed by atoms with Crippen LogP contribution in [-0.4, -0.2) is 38.7 Å². The maximum absolute atomic E-state index is 12.9. The van der Waals surface area contributed by atoms with Gasteiger partial charge in [0, 0.05) is 5.92 Å². The van der Waals surface area contributed by atoms with Crippen molar-refractivity contribution < 1.29 is 33.6 Å². The molecule has 33 heavy (non-hydrogen) atoms. The lowest BCUT2D eigenvalue weighted by molar-refractivity contribution is -0.143. The van der Waals surface area contributed by atoms with E-state index >= 15 is 0 Å². The molecule has 0 spiro atoms. The molecule has 1 N–H and O–H groups in total. The Morgan fingerprint density at radius 3 is 2.42 bits per heavy atom. The highest BCUT2D eigenvalue weighted by Gasteiger charge is 2.33. The average molecular weight is 450 g/mol. The van der Waals surface area contributed by atoms with Crippen LogP contribution >= 0.6 is 0 Å². The summed E-state index contributed by atoms with van der Waals surface area (Å²) in [6.07, 6.45) is 0. The fourth-order valence-electron chi connectivity index (χ4n) is 3.94. The second kappa shape index (κ2) is 10.3. The van der Waals surface area contributed by atoms with E-state index in [9.17, 15) is 9.90 Å². The van der Waals surface area contributed by atoms with Crippen LogP contribution in [0.5, 0.6) is 23.0 Å². The molecule has 2 atom stereocenters. The molecule has 0 unspecified atom stereocenters. The summed E-state index contributed by atoms with van der Waals surface area (Å²) in [5, 5.41) is 10.3. The second-order valence-electron chi connectivity index (χ2n) is 7.59. The van der Waals surface area contributed by atoms with Crippen LogP contribution in [0.3, 0.4) is 0 Å². The number of hydrogen-bond acceptors (Lipinski definition) is 7. The Bertz CT molecular complexity index is 1100. The third kappa shape index (κ3) is 4.88. The Morgan fingerprint density at radius 1 is 0.939 bits per heavy atom. The van der Waals surface area contributed by atoms with E-state index < -0.39 is 17.8 Å². The lowest BCUT2D eigenvalue weighted by atomic mass is 9.81. The average Bonchev–Trinajstić information content (AvgIpc) is 3.34. The molecule has 0 amide bonds. The van der Waals surface area contributed by atoms with Crippen molar-refractivity contribution in [3.8, 4) is 23.0 Å². The number of hydrogen-bond donors (Lipinski definition) is 1. The molecule has 3 aromatic rings. The zero-order valence-electron chi connectivity index (χ0n) is 18.5. The van der Waals surface area contributed by atoms with Crippen LogP contribution in [0.2, 0.25) is 0 Å². The molecule has 7 heteroatoms. The highest BCUT2D eigenvalue weighted by Crippen LogP contribution is 2.41. The number of carbonyl (C=O) groups excluding carboxylic acids is 1. The normalized spacial score (nSPS) is 13.8. The van der Waals surface area contributed by atoms with E-state index in [4.69, 9.17) is 23.7 Å². The standard InChI is InChI=1S/C26H26O7/c1-29-23-13-19(9-11-21(23)31-15-17-6-4-3-5-7-17)25(26(28)30-2)20(14-27)18-8-10-22-24(12-18)33-16-32-22/h3-13,20,25,27H,14-16H2,1-2H3/t20-,25+/m1/s1. The van der Waals surface area contributed by atoms with Gasteiger partial charge in [-0.3, -0.25) is 4.79 Å². The monoisotopic (exact) mass is 450 g/mol. The van der Waals surface area contributed by atoms with Crippen molar-refractivity contribution in [1.29, 1.82) is 0 Å². The van der Waals surface area contributed by atoms with Gasteiger partial charge in [-0.25, -0.2) is 0 Å². The highest BCUT2D eigenvalue weighted by molar-refractivity contribution is 5.80. The van der Waals surface area contributed by atoms with Crippen LogP contribution in [-0.2, 0) is 16.1 Å². The minimum atomic E-state index is -0.766. The SMILES string of the molecule is COC(=O)[C@@H](c1ccc(OCc2ccccc2)c(OC)c1)[C@H](CO)c1ccc2c(c1)OCO2. The van der Waals surface area contributed by atoms with E-state index in [0.29, 0.717) is 35.2 Å². The first-order valence-corrected chi connectivity index (χ1v) is 10.6. The van der Waals surface area contributed by atoms with Gasteiger partial charge in [-0.1, -0.05) is 42.5 Å².